The molecule has 2 aromatic rings. The van der Waals surface area contributed by atoms with E-state index in [0.29, 0.717) is 12.3 Å². The first-order valence-electron chi connectivity index (χ1n) is 7.08. The number of pyridine rings is 1. The summed E-state index contributed by atoms with van der Waals surface area (Å²) >= 11 is 0. The lowest BCUT2D eigenvalue weighted by molar-refractivity contribution is -0.121. The molecule has 21 heavy (non-hydrogen) atoms. The highest BCUT2D eigenvalue weighted by Gasteiger charge is 2.20. The van der Waals surface area contributed by atoms with Gasteiger partial charge in [-0.15, -0.1) is 0 Å². The average Bonchev–Trinajstić information content (AvgIpc) is 2.85. The van der Waals surface area contributed by atoms with Crippen LogP contribution in [0.5, 0.6) is 0 Å². The molecule has 0 fully saturated rings. The van der Waals surface area contributed by atoms with Gasteiger partial charge in [0.25, 0.3) is 0 Å². The summed E-state index contributed by atoms with van der Waals surface area (Å²) in [7, 11) is 1.84. The summed E-state index contributed by atoms with van der Waals surface area (Å²) in [5.41, 5.74) is 0.899. The molecule has 6 nitrogen and oxygen atoms in total. The Balaban J connectivity index is 2.05. The highest BCUT2D eigenvalue weighted by atomic mass is 16.1. The fraction of sp³-hybridized carbons (Fsp3) is 0.467. The summed E-state index contributed by atoms with van der Waals surface area (Å²) in [6.45, 7) is 4.24. The Morgan fingerprint density at radius 1 is 1.43 bits per heavy atom. The smallest absolute Gasteiger partial charge is 0.225 e. The van der Waals surface area contributed by atoms with Crippen LogP contribution in [0.3, 0.4) is 0 Å². The molecule has 0 aliphatic carbocycles. The van der Waals surface area contributed by atoms with Gasteiger partial charge >= 0.3 is 0 Å². The molecular formula is C15H21N5O. The molecule has 2 heterocycles. The number of rotatable bonds is 6. The van der Waals surface area contributed by atoms with Crippen molar-refractivity contribution in [3.63, 3.8) is 0 Å². The number of nitrogens with one attached hydrogen (secondary N) is 1. The SMILES string of the molecule is CC(C)CC(NC(=O)Cc1cccnc1)c1ncnn1C. The van der Waals surface area contributed by atoms with Gasteiger partial charge < -0.3 is 5.32 Å². The van der Waals surface area contributed by atoms with Crippen LogP contribution in [0, 0.1) is 5.92 Å². The molecule has 0 aliphatic heterocycles. The Kier molecular flexibility index (Phi) is 5.03. The van der Waals surface area contributed by atoms with Gasteiger partial charge in [0.2, 0.25) is 5.91 Å². The minimum atomic E-state index is -0.123. The number of carbonyl (C=O) groups excluding carboxylic acids is 1. The molecule has 112 valence electrons. The number of hydrogen-bond acceptors (Lipinski definition) is 4. The number of aromatic nitrogens is 4. The molecule has 1 atom stereocenters. The Morgan fingerprint density at radius 2 is 2.24 bits per heavy atom. The van der Waals surface area contributed by atoms with Crippen LogP contribution in [-0.2, 0) is 18.3 Å². The van der Waals surface area contributed by atoms with Crippen molar-refractivity contribution in [1.29, 1.82) is 0 Å². The number of carbonyl (C=O) groups is 1. The first kappa shape index (κ1) is 15.2. The van der Waals surface area contributed by atoms with Gasteiger partial charge in [-0.25, -0.2) is 4.98 Å². The minimum Gasteiger partial charge on any atom is -0.346 e. The van der Waals surface area contributed by atoms with E-state index in [1.54, 1.807) is 17.1 Å². The molecule has 1 amide bonds. The Hall–Kier alpha value is -2.24. The van der Waals surface area contributed by atoms with Crippen LogP contribution in [0.1, 0.15) is 37.7 Å². The largest absolute Gasteiger partial charge is 0.346 e. The van der Waals surface area contributed by atoms with E-state index in [4.69, 9.17) is 0 Å². The molecule has 2 rings (SSSR count). The highest BCUT2D eigenvalue weighted by molar-refractivity contribution is 5.78. The lowest BCUT2D eigenvalue weighted by atomic mass is 10.0. The van der Waals surface area contributed by atoms with Gasteiger partial charge in [-0.2, -0.15) is 5.10 Å². The van der Waals surface area contributed by atoms with E-state index in [-0.39, 0.29) is 11.9 Å². The zero-order chi connectivity index (χ0) is 15.2. The third kappa shape index (κ3) is 4.37. The zero-order valence-corrected chi connectivity index (χ0v) is 12.7. The fourth-order valence-electron chi connectivity index (χ4n) is 2.25. The van der Waals surface area contributed by atoms with E-state index in [2.05, 4.69) is 34.2 Å². The van der Waals surface area contributed by atoms with Crippen LogP contribution < -0.4 is 5.32 Å². The van der Waals surface area contributed by atoms with Gasteiger partial charge in [-0.05, 0) is 24.0 Å². The van der Waals surface area contributed by atoms with Gasteiger partial charge in [0.15, 0.2) is 0 Å². The standard InChI is InChI=1S/C15H21N5O/c1-11(2)7-13(15-17-10-18-20(15)3)19-14(21)8-12-5-4-6-16-9-12/h4-6,9-11,13H,7-8H2,1-3H3,(H,19,21). The van der Waals surface area contributed by atoms with Gasteiger partial charge in [0.05, 0.1) is 12.5 Å². The molecule has 0 bridgehead atoms. The minimum absolute atomic E-state index is 0.0309. The second-order valence-corrected chi connectivity index (χ2v) is 5.53. The maximum atomic E-state index is 12.2. The summed E-state index contributed by atoms with van der Waals surface area (Å²) in [5, 5.41) is 7.13. The zero-order valence-electron chi connectivity index (χ0n) is 12.7. The van der Waals surface area contributed by atoms with Crippen molar-refractivity contribution >= 4 is 5.91 Å². The van der Waals surface area contributed by atoms with Gasteiger partial charge in [0.1, 0.15) is 12.2 Å². The number of nitrogens with zero attached hydrogens (tertiary/aromatic N) is 4. The molecule has 1 N–H and O–H groups in total. The Bertz CT molecular complexity index is 579. The molecular weight excluding hydrogens is 266 g/mol. The fourth-order valence-corrected chi connectivity index (χ4v) is 2.25. The molecule has 0 aromatic carbocycles. The van der Waals surface area contributed by atoms with E-state index in [0.717, 1.165) is 17.8 Å². The summed E-state index contributed by atoms with van der Waals surface area (Å²) in [4.78, 5) is 20.5. The molecule has 0 aliphatic rings. The third-order valence-corrected chi connectivity index (χ3v) is 3.19. The van der Waals surface area contributed by atoms with Crippen LogP contribution in [0.4, 0.5) is 0 Å². The Labute approximate surface area is 124 Å². The first-order valence-corrected chi connectivity index (χ1v) is 7.08. The van der Waals surface area contributed by atoms with Gasteiger partial charge in [-0.1, -0.05) is 19.9 Å². The van der Waals surface area contributed by atoms with E-state index in [1.807, 2.05) is 19.2 Å². The predicted molar refractivity (Wildman–Crippen MR) is 79.3 cm³/mol. The van der Waals surface area contributed by atoms with Crippen LogP contribution in [0.25, 0.3) is 0 Å². The van der Waals surface area contributed by atoms with Crippen LogP contribution in [-0.4, -0.2) is 25.7 Å². The molecule has 0 radical (unpaired) electrons. The van der Waals surface area contributed by atoms with Crippen molar-refractivity contribution in [3.05, 3.63) is 42.2 Å². The van der Waals surface area contributed by atoms with Crippen LogP contribution in [0.2, 0.25) is 0 Å². The number of aryl methyl sites for hydroxylation is 1. The summed E-state index contributed by atoms with van der Waals surface area (Å²) in [6.07, 6.45) is 6.06. The molecule has 2 aromatic heterocycles. The van der Waals surface area contributed by atoms with E-state index in [1.165, 1.54) is 6.33 Å². The molecule has 0 saturated carbocycles. The van der Waals surface area contributed by atoms with E-state index >= 15 is 0 Å². The summed E-state index contributed by atoms with van der Waals surface area (Å²) < 4.78 is 1.71. The third-order valence-electron chi connectivity index (χ3n) is 3.19. The van der Waals surface area contributed by atoms with Gasteiger partial charge in [0, 0.05) is 19.4 Å². The summed E-state index contributed by atoms with van der Waals surface area (Å²) in [6, 6.07) is 3.60. The highest BCUT2D eigenvalue weighted by Crippen LogP contribution is 2.19. The van der Waals surface area contributed by atoms with Crippen molar-refractivity contribution in [2.45, 2.75) is 32.7 Å². The van der Waals surface area contributed by atoms with Crippen molar-refractivity contribution in [3.8, 4) is 0 Å². The van der Waals surface area contributed by atoms with Crippen molar-refractivity contribution in [2.24, 2.45) is 13.0 Å². The van der Waals surface area contributed by atoms with Crippen molar-refractivity contribution in [2.75, 3.05) is 0 Å². The maximum Gasteiger partial charge on any atom is 0.225 e. The number of amides is 1. The second kappa shape index (κ2) is 6.97. The summed E-state index contributed by atoms with van der Waals surface area (Å²) in [5.74, 6) is 1.20. The monoisotopic (exact) mass is 287 g/mol. The lowest BCUT2D eigenvalue weighted by Crippen LogP contribution is -2.32. The normalized spacial score (nSPS) is 12.4. The van der Waals surface area contributed by atoms with Crippen LogP contribution in [0.15, 0.2) is 30.9 Å². The predicted octanol–water partition coefficient (Wildman–Crippen LogP) is 1.66. The van der Waals surface area contributed by atoms with E-state index < -0.39 is 0 Å². The Morgan fingerprint density at radius 3 is 2.81 bits per heavy atom. The molecule has 6 heteroatoms. The van der Waals surface area contributed by atoms with Crippen molar-refractivity contribution in [1.82, 2.24) is 25.1 Å². The molecule has 0 spiro atoms. The van der Waals surface area contributed by atoms with E-state index in [9.17, 15) is 4.79 Å². The van der Waals surface area contributed by atoms with Gasteiger partial charge in [-0.3, -0.25) is 14.5 Å². The van der Waals surface area contributed by atoms with Crippen molar-refractivity contribution < 1.29 is 4.79 Å². The molecule has 1 unspecified atom stereocenters. The first-order chi connectivity index (χ1) is 10.1. The topological polar surface area (TPSA) is 72.7 Å². The second-order valence-electron chi connectivity index (χ2n) is 5.53. The number of hydrogen-bond donors (Lipinski definition) is 1. The lowest BCUT2D eigenvalue weighted by Gasteiger charge is -2.19. The maximum absolute atomic E-state index is 12.2. The quantitative estimate of drug-likeness (QED) is 0.877. The molecule has 0 saturated heterocycles. The average molecular weight is 287 g/mol. The van der Waals surface area contributed by atoms with Crippen LogP contribution >= 0.6 is 0 Å².